The summed E-state index contributed by atoms with van der Waals surface area (Å²) in [6, 6.07) is 14.6. The number of carbonyl (C=O) groups excluding carboxylic acids is 4. The Bertz CT molecular complexity index is 1350. The molecule has 9 nitrogen and oxygen atoms in total. The van der Waals surface area contributed by atoms with Crippen LogP contribution in [0.1, 0.15) is 56.5 Å². The number of carbonyl (C=O) groups is 4. The summed E-state index contributed by atoms with van der Waals surface area (Å²) in [6.45, 7) is 1.77. The lowest BCUT2D eigenvalue weighted by atomic mass is 9.95. The predicted octanol–water partition coefficient (Wildman–Crippen LogP) is 4.34. The molecule has 0 saturated heterocycles. The molecule has 0 saturated carbocycles. The minimum atomic E-state index is -0.875. The minimum Gasteiger partial charge on any atom is -0.484 e. The first kappa shape index (κ1) is 28.8. The molecule has 3 aromatic rings. The van der Waals surface area contributed by atoms with Crippen LogP contribution in [0.15, 0.2) is 54.6 Å². The molecule has 2 aromatic carbocycles. The number of hydrogen-bond acceptors (Lipinski definition) is 8. The number of nitrogens with one attached hydrogen (secondary N) is 2. The molecule has 10 heteroatoms. The Balaban J connectivity index is 1.35. The molecule has 1 atom stereocenters. The Morgan fingerprint density at radius 3 is 2.40 bits per heavy atom. The highest BCUT2D eigenvalue weighted by Crippen LogP contribution is 2.38. The van der Waals surface area contributed by atoms with Gasteiger partial charge in [-0.15, -0.1) is 11.3 Å². The highest BCUT2D eigenvalue weighted by Gasteiger charge is 2.27. The smallest absolute Gasteiger partial charge is 0.341 e. The largest absolute Gasteiger partial charge is 0.484 e. The number of methoxy groups -OCH3 is 1. The number of ether oxygens (including phenoxy) is 3. The number of hydrogen-bond donors (Lipinski definition) is 2. The predicted molar refractivity (Wildman–Crippen MR) is 151 cm³/mol. The standard InChI is InChI=1S/C30H32N2O7S/c1-3-38-30(36)26-22-11-7-8-12-24(22)40-28(26)32-25(33)18-39-21-15-13-19(14-16-21)17-23(29(35)37-2)31-27(34)20-9-5-4-6-10-20/h4-6,9-10,13-16,23H,3,7-8,11-12,17-18H2,1-2H3,(H,31,34)(H,32,33)/t23-/m0/s1. The first-order valence-corrected chi connectivity index (χ1v) is 14.0. The molecule has 210 valence electrons. The van der Waals surface area contributed by atoms with Crippen LogP contribution in [0.2, 0.25) is 0 Å². The van der Waals surface area contributed by atoms with Crippen LogP contribution in [0.25, 0.3) is 0 Å². The molecule has 40 heavy (non-hydrogen) atoms. The fraction of sp³-hybridized carbons (Fsp3) is 0.333. The number of thiophene rings is 1. The maximum absolute atomic E-state index is 12.7. The lowest BCUT2D eigenvalue weighted by Gasteiger charge is -2.17. The number of rotatable bonds is 11. The number of fused-ring (bicyclic) bond motifs is 1. The zero-order valence-electron chi connectivity index (χ0n) is 22.5. The summed E-state index contributed by atoms with van der Waals surface area (Å²) < 4.78 is 15.8. The van der Waals surface area contributed by atoms with Gasteiger partial charge in [0.2, 0.25) is 0 Å². The highest BCUT2D eigenvalue weighted by molar-refractivity contribution is 7.17. The van der Waals surface area contributed by atoms with Crippen LogP contribution in [0.3, 0.4) is 0 Å². The second-order valence-electron chi connectivity index (χ2n) is 9.24. The molecule has 0 aliphatic heterocycles. The number of amides is 2. The highest BCUT2D eigenvalue weighted by atomic mass is 32.1. The van der Waals surface area contributed by atoms with E-state index in [0.717, 1.165) is 41.7 Å². The normalized spacial score (nSPS) is 12.9. The summed E-state index contributed by atoms with van der Waals surface area (Å²) >= 11 is 1.42. The van der Waals surface area contributed by atoms with Crippen molar-refractivity contribution in [3.63, 3.8) is 0 Å². The maximum atomic E-state index is 12.7. The zero-order chi connectivity index (χ0) is 28.5. The van der Waals surface area contributed by atoms with Crippen molar-refractivity contribution in [3.05, 3.63) is 81.7 Å². The molecular weight excluding hydrogens is 532 g/mol. The molecule has 2 N–H and O–H groups in total. The SMILES string of the molecule is CCOC(=O)c1c(NC(=O)COc2ccc(C[C@H](NC(=O)c3ccccc3)C(=O)OC)cc2)sc2c1CCCC2. The van der Waals surface area contributed by atoms with Crippen molar-refractivity contribution in [2.45, 2.75) is 45.1 Å². The number of esters is 2. The van der Waals surface area contributed by atoms with Crippen molar-refractivity contribution < 1.29 is 33.4 Å². The first-order chi connectivity index (χ1) is 19.4. The maximum Gasteiger partial charge on any atom is 0.341 e. The van der Waals surface area contributed by atoms with Crippen LogP contribution in [0.5, 0.6) is 5.75 Å². The minimum absolute atomic E-state index is 0.214. The fourth-order valence-corrected chi connectivity index (χ4v) is 5.80. The molecule has 0 radical (unpaired) electrons. The van der Waals surface area contributed by atoms with Gasteiger partial charge in [0.25, 0.3) is 11.8 Å². The molecule has 4 rings (SSSR count). The van der Waals surface area contributed by atoms with Gasteiger partial charge in [-0.05, 0) is 68.0 Å². The second kappa shape index (κ2) is 13.7. The van der Waals surface area contributed by atoms with E-state index in [4.69, 9.17) is 14.2 Å². The average Bonchev–Trinajstić information content (AvgIpc) is 3.34. The van der Waals surface area contributed by atoms with Gasteiger partial charge < -0.3 is 24.8 Å². The Morgan fingerprint density at radius 2 is 1.70 bits per heavy atom. The van der Waals surface area contributed by atoms with Crippen LogP contribution >= 0.6 is 11.3 Å². The van der Waals surface area contributed by atoms with Crippen LogP contribution in [-0.4, -0.2) is 50.1 Å². The monoisotopic (exact) mass is 564 g/mol. The lowest BCUT2D eigenvalue weighted by Crippen LogP contribution is -2.43. The van der Waals surface area contributed by atoms with E-state index in [9.17, 15) is 19.2 Å². The van der Waals surface area contributed by atoms with E-state index in [0.29, 0.717) is 21.9 Å². The van der Waals surface area contributed by atoms with Crippen LogP contribution in [-0.2, 0) is 38.3 Å². The summed E-state index contributed by atoms with van der Waals surface area (Å²) in [5.74, 6) is -1.28. The van der Waals surface area contributed by atoms with E-state index in [-0.39, 0.29) is 31.4 Å². The van der Waals surface area contributed by atoms with Gasteiger partial charge in [-0.25, -0.2) is 9.59 Å². The summed E-state index contributed by atoms with van der Waals surface area (Å²) in [5.41, 5.74) is 2.64. The molecule has 1 aliphatic rings. The third kappa shape index (κ3) is 7.26. The topological polar surface area (TPSA) is 120 Å². The molecule has 0 bridgehead atoms. The summed E-state index contributed by atoms with van der Waals surface area (Å²) in [4.78, 5) is 51.3. The van der Waals surface area contributed by atoms with E-state index in [1.54, 1.807) is 61.5 Å². The van der Waals surface area contributed by atoms with E-state index in [1.807, 2.05) is 0 Å². The molecule has 1 aliphatic carbocycles. The Hall–Kier alpha value is -4.18. The number of aryl methyl sites for hydroxylation is 1. The summed E-state index contributed by atoms with van der Waals surface area (Å²) in [5, 5.41) is 6.05. The Morgan fingerprint density at radius 1 is 0.975 bits per heavy atom. The second-order valence-corrected chi connectivity index (χ2v) is 10.3. The molecule has 2 amide bonds. The average molecular weight is 565 g/mol. The van der Waals surface area contributed by atoms with Crippen molar-refractivity contribution in [2.24, 2.45) is 0 Å². The zero-order valence-corrected chi connectivity index (χ0v) is 23.3. The van der Waals surface area contributed by atoms with Gasteiger partial charge in [0.1, 0.15) is 16.8 Å². The Labute approximate surface area is 236 Å². The van der Waals surface area contributed by atoms with E-state index in [2.05, 4.69) is 10.6 Å². The molecule has 0 unspecified atom stereocenters. The van der Waals surface area contributed by atoms with Crippen LogP contribution in [0.4, 0.5) is 5.00 Å². The van der Waals surface area contributed by atoms with Crippen molar-refractivity contribution in [1.82, 2.24) is 5.32 Å². The third-order valence-electron chi connectivity index (χ3n) is 6.46. The van der Waals surface area contributed by atoms with Crippen molar-refractivity contribution in [2.75, 3.05) is 25.6 Å². The number of anilines is 1. The van der Waals surface area contributed by atoms with E-state index < -0.39 is 18.0 Å². The van der Waals surface area contributed by atoms with Gasteiger partial charge in [0.15, 0.2) is 6.61 Å². The molecule has 1 heterocycles. The van der Waals surface area contributed by atoms with Crippen molar-refractivity contribution in [1.29, 1.82) is 0 Å². The fourth-order valence-electron chi connectivity index (χ4n) is 4.51. The van der Waals surface area contributed by atoms with Gasteiger partial charge in [-0.1, -0.05) is 30.3 Å². The Kier molecular flexibility index (Phi) is 9.91. The molecule has 1 aromatic heterocycles. The molecular formula is C30H32N2O7S. The summed E-state index contributed by atoms with van der Waals surface area (Å²) in [6.07, 6.45) is 3.96. The van der Waals surface area contributed by atoms with Crippen LogP contribution < -0.4 is 15.4 Å². The van der Waals surface area contributed by atoms with Crippen LogP contribution in [0, 0.1) is 0 Å². The van der Waals surface area contributed by atoms with Gasteiger partial charge in [0, 0.05) is 16.9 Å². The first-order valence-electron chi connectivity index (χ1n) is 13.2. The molecule has 0 fully saturated rings. The van der Waals surface area contributed by atoms with Crippen molar-refractivity contribution in [3.8, 4) is 5.75 Å². The number of benzene rings is 2. The van der Waals surface area contributed by atoms with Gasteiger partial charge >= 0.3 is 11.9 Å². The quantitative estimate of drug-likeness (QED) is 0.333. The van der Waals surface area contributed by atoms with Gasteiger partial charge in [-0.2, -0.15) is 0 Å². The van der Waals surface area contributed by atoms with Gasteiger partial charge in [-0.3, -0.25) is 9.59 Å². The van der Waals surface area contributed by atoms with E-state index in [1.165, 1.54) is 18.4 Å². The van der Waals surface area contributed by atoms with Gasteiger partial charge in [0.05, 0.1) is 19.3 Å². The third-order valence-corrected chi connectivity index (χ3v) is 7.67. The van der Waals surface area contributed by atoms with Crippen molar-refractivity contribution >= 4 is 40.1 Å². The molecule has 0 spiro atoms. The van der Waals surface area contributed by atoms with E-state index >= 15 is 0 Å². The summed E-state index contributed by atoms with van der Waals surface area (Å²) in [7, 11) is 1.27. The lowest BCUT2D eigenvalue weighted by molar-refractivity contribution is -0.142.